The van der Waals surface area contributed by atoms with E-state index in [-0.39, 0.29) is 11.7 Å². The number of aromatic hydroxyl groups is 1. The van der Waals surface area contributed by atoms with Gasteiger partial charge in [0.1, 0.15) is 11.5 Å². The molecule has 0 aromatic heterocycles. The fourth-order valence-corrected chi connectivity index (χ4v) is 1.09. The van der Waals surface area contributed by atoms with Crippen molar-refractivity contribution in [3.8, 4) is 23.3 Å². The minimum Gasteiger partial charge on any atom is -0.508 e. The van der Waals surface area contributed by atoms with Gasteiger partial charge < -0.3 is 15.2 Å². The number of benzene rings is 1. The Labute approximate surface area is 94.2 Å². The molecule has 4 heteroatoms. The van der Waals surface area contributed by atoms with Crippen molar-refractivity contribution >= 4 is 5.91 Å². The highest BCUT2D eigenvalue weighted by Crippen LogP contribution is 2.22. The average Bonchev–Trinajstić information content (AvgIpc) is 2.25. The molecule has 1 amide bonds. The van der Waals surface area contributed by atoms with Gasteiger partial charge in [-0.05, 0) is 12.1 Å². The van der Waals surface area contributed by atoms with Gasteiger partial charge in [0.15, 0.2) is 0 Å². The summed E-state index contributed by atoms with van der Waals surface area (Å²) in [6, 6.07) is 4.68. The third-order valence-electron chi connectivity index (χ3n) is 1.83. The number of hydrogen-bond donors (Lipinski definition) is 2. The standard InChI is InChI=1S/C12H13NO3/c1-9(14)13-7-3-4-10-5-6-11(15)8-12(10)16-2/h5-6,8,15H,7H2,1-2H3,(H,13,14). The van der Waals surface area contributed by atoms with Crippen LogP contribution in [0.3, 0.4) is 0 Å². The quantitative estimate of drug-likeness (QED) is 0.726. The van der Waals surface area contributed by atoms with Crippen LogP contribution in [0.15, 0.2) is 18.2 Å². The van der Waals surface area contributed by atoms with Gasteiger partial charge >= 0.3 is 0 Å². The maximum absolute atomic E-state index is 10.6. The number of hydrogen-bond acceptors (Lipinski definition) is 3. The van der Waals surface area contributed by atoms with Gasteiger partial charge in [-0.1, -0.05) is 11.8 Å². The summed E-state index contributed by atoms with van der Waals surface area (Å²) >= 11 is 0. The molecule has 0 bridgehead atoms. The zero-order valence-corrected chi connectivity index (χ0v) is 9.20. The predicted octanol–water partition coefficient (Wildman–Crippen LogP) is 0.888. The fourth-order valence-electron chi connectivity index (χ4n) is 1.09. The van der Waals surface area contributed by atoms with E-state index in [1.165, 1.54) is 26.2 Å². The molecule has 0 unspecified atom stereocenters. The Morgan fingerprint density at radius 3 is 2.94 bits per heavy atom. The van der Waals surface area contributed by atoms with Crippen LogP contribution < -0.4 is 10.1 Å². The summed E-state index contributed by atoms with van der Waals surface area (Å²) in [5, 5.41) is 11.8. The topological polar surface area (TPSA) is 58.6 Å². The maximum atomic E-state index is 10.6. The lowest BCUT2D eigenvalue weighted by Crippen LogP contribution is -2.19. The van der Waals surface area contributed by atoms with Crippen molar-refractivity contribution in [2.45, 2.75) is 6.92 Å². The molecule has 1 rings (SSSR count). The van der Waals surface area contributed by atoms with E-state index < -0.39 is 0 Å². The van der Waals surface area contributed by atoms with Gasteiger partial charge in [-0.2, -0.15) is 0 Å². The van der Waals surface area contributed by atoms with Crippen molar-refractivity contribution in [2.24, 2.45) is 0 Å². The predicted molar refractivity (Wildman–Crippen MR) is 60.2 cm³/mol. The SMILES string of the molecule is COc1cc(O)ccc1C#CCNC(C)=O. The van der Waals surface area contributed by atoms with Crippen LogP contribution in [-0.4, -0.2) is 24.7 Å². The molecule has 0 saturated carbocycles. The van der Waals surface area contributed by atoms with Crippen LogP contribution in [-0.2, 0) is 4.79 Å². The van der Waals surface area contributed by atoms with Crippen molar-refractivity contribution in [3.63, 3.8) is 0 Å². The van der Waals surface area contributed by atoms with Crippen molar-refractivity contribution < 1.29 is 14.6 Å². The first-order valence-corrected chi connectivity index (χ1v) is 4.74. The van der Waals surface area contributed by atoms with Gasteiger partial charge in [0.2, 0.25) is 5.91 Å². The molecule has 0 atom stereocenters. The van der Waals surface area contributed by atoms with E-state index in [0.717, 1.165) is 0 Å². The lowest BCUT2D eigenvalue weighted by Gasteiger charge is -2.02. The zero-order chi connectivity index (χ0) is 12.0. The molecule has 0 fully saturated rings. The Morgan fingerprint density at radius 1 is 1.56 bits per heavy atom. The Kier molecular flexibility index (Phi) is 4.22. The van der Waals surface area contributed by atoms with Crippen LogP contribution in [0.4, 0.5) is 0 Å². The van der Waals surface area contributed by atoms with Crippen LogP contribution in [0.25, 0.3) is 0 Å². The van der Waals surface area contributed by atoms with E-state index in [2.05, 4.69) is 17.2 Å². The third kappa shape index (κ3) is 3.54. The summed E-state index contributed by atoms with van der Waals surface area (Å²) in [5.41, 5.74) is 0.672. The molecule has 4 nitrogen and oxygen atoms in total. The summed E-state index contributed by atoms with van der Waals surface area (Å²) in [4.78, 5) is 10.6. The third-order valence-corrected chi connectivity index (χ3v) is 1.83. The molecule has 1 aromatic rings. The Morgan fingerprint density at radius 2 is 2.31 bits per heavy atom. The molecule has 0 aliphatic rings. The maximum Gasteiger partial charge on any atom is 0.217 e. The number of carbonyl (C=O) groups is 1. The zero-order valence-electron chi connectivity index (χ0n) is 9.20. The van der Waals surface area contributed by atoms with Gasteiger partial charge in [-0.3, -0.25) is 4.79 Å². The number of rotatable bonds is 2. The highest BCUT2D eigenvalue weighted by molar-refractivity contribution is 5.73. The molecule has 0 aliphatic carbocycles. The number of phenols is 1. The summed E-state index contributed by atoms with van der Waals surface area (Å²) in [6.07, 6.45) is 0. The van der Waals surface area contributed by atoms with E-state index in [9.17, 15) is 9.90 Å². The van der Waals surface area contributed by atoms with Crippen molar-refractivity contribution in [1.82, 2.24) is 5.32 Å². The van der Waals surface area contributed by atoms with Crippen LogP contribution in [0, 0.1) is 11.8 Å². The largest absolute Gasteiger partial charge is 0.508 e. The van der Waals surface area contributed by atoms with Crippen molar-refractivity contribution in [1.29, 1.82) is 0 Å². The summed E-state index contributed by atoms with van der Waals surface area (Å²) in [7, 11) is 1.51. The lowest BCUT2D eigenvalue weighted by molar-refractivity contribution is -0.118. The van der Waals surface area contributed by atoms with Gasteiger partial charge in [0, 0.05) is 13.0 Å². The molecule has 0 heterocycles. The van der Waals surface area contributed by atoms with Crippen LogP contribution in [0.1, 0.15) is 12.5 Å². The molecule has 16 heavy (non-hydrogen) atoms. The Hall–Kier alpha value is -2.15. The highest BCUT2D eigenvalue weighted by atomic mass is 16.5. The number of phenolic OH excluding ortho intramolecular Hbond substituents is 1. The highest BCUT2D eigenvalue weighted by Gasteiger charge is 2.00. The number of methoxy groups -OCH3 is 1. The monoisotopic (exact) mass is 219 g/mol. The number of amides is 1. The van der Waals surface area contributed by atoms with E-state index >= 15 is 0 Å². The van der Waals surface area contributed by atoms with E-state index in [1.807, 2.05) is 0 Å². The number of nitrogens with one attached hydrogen (secondary N) is 1. The average molecular weight is 219 g/mol. The molecular formula is C12H13NO3. The number of ether oxygens (including phenoxy) is 1. The minimum absolute atomic E-state index is 0.119. The summed E-state index contributed by atoms with van der Waals surface area (Å²) in [5.74, 6) is 6.15. The molecule has 0 aliphatic heterocycles. The molecule has 0 saturated heterocycles. The second-order valence-corrected chi connectivity index (χ2v) is 3.10. The molecule has 0 radical (unpaired) electrons. The normalized spacial score (nSPS) is 8.88. The first kappa shape index (κ1) is 11.9. The molecule has 0 spiro atoms. The molecule has 84 valence electrons. The van der Waals surface area contributed by atoms with Crippen molar-refractivity contribution in [3.05, 3.63) is 23.8 Å². The summed E-state index contributed by atoms with van der Waals surface area (Å²) in [6.45, 7) is 1.72. The lowest BCUT2D eigenvalue weighted by atomic mass is 10.2. The first-order chi connectivity index (χ1) is 7.63. The Balaban J connectivity index is 2.76. The second kappa shape index (κ2) is 5.66. The van der Waals surface area contributed by atoms with Crippen LogP contribution in [0.5, 0.6) is 11.5 Å². The van der Waals surface area contributed by atoms with Crippen LogP contribution >= 0.6 is 0 Å². The summed E-state index contributed by atoms with van der Waals surface area (Å²) < 4.78 is 5.05. The first-order valence-electron chi connectivity index (χ1n) is 4.74. The van der Waals surface area contributed by atoms with Gasteiger partial charge in [-0.25, -0.2) is 0 Å². The van der Waals surface area contributed by atoms with Gasteiger partial charge in [-0.15, -0.1) is 0 Å². The number of carbonyl (C=O) groups excluding carboxylic acids is 1. The van der Waals surface area contributed by atoms with Gasteiger partial charge in [0.25, 0.3) is 0 Å². The second-order valence-electron chi connectivity index (χ2n) is 3.10. The van der Waals surface area contributed by atoms with E-state index in [4.69, 9.17) is 4.74 Å². The van der Waals surface area contributed by atoms with Gasteiger partial charge in [0.05, 0.1) is 19.2 Å². The van der Waals surface area contributed by atoms with E-state index in [1.54, 1.807) is 6.07 Å². The van der Waals surface area contributed by atoms with E-state index in [0.29, 0.717) is 17.9 Å². The Bertz CT molecular complexity index is 443. The fraction of sp³-hybridized carbons (Fsp3) is 0.250. The minimum atomic E-state index is -0.119. The molecular weight excluding hydrogens is 206 g/mol. The molecule has 1 aromatic carbocycles. The van der Waals surface area contributed by atoms with Crippen molar-refractivity contribution in [2.75, 3.05) is 13.7 Å². The molecule has 2 N–H and O–H groups in total. The van der Waals surface area contributed by atoms with Crippen LogP contribution in [0.2, 0.25) is 0 Å². The smallest absolute Gasteiger partial charge is 0.217 e.